The fourth-order valence-corrected chi connectivity index (χ4v) is 4.58. The van der Waals surface area contributed by atoms with Gasteiger partial charge >= 0.3 is 13.6 Å². The molecule has 1 atom stereocenters. The average molecular weight is 445 g/mol. The second-order valence-corrected chi connectivity index (χ2v) is 8.77. The Labute approximate surface area is 182 Å². The van der Waals surface area contributed by atoms with Gasteiger partial charge in [0.2, 0.25) is 0 Å². The van der Waals surface area contributed by atoms with Crippen LogP contribution < -0.4 is 5.32 Å². The van der Waals surface area contributed by atoms with E-state index in [1.165, 1.54) is 0 Å². The standard InChI is InChI=1S/C23H28NO6P/c1-3-29-31(28,30-4-2)17-19-13-15-20(16-14-19)22(25)24-21(23(26)27)12-8-11-18-9-6-5-7-10-18/h5-11,13-16,21H,3-4,12,17H2,1-2H3,(H,24,25)(H,26,27)/b11-8+/t21-/m0/s1. The number of hydrogen-bond donors (Lipinski definition) is 2. The molecule has 0 fully saturated rings. The fraction of sp³-hybridized carbons (Fsp3) is 0.304. The van der Waals surface area contributed by atoms with Gasteiger partial charge in [-0.25, -0.2) is 4.79 Å². The van der Waals surface area contributed by atoms with E-state index in [0.717, 1.165) is 5.56 Å². The predicted octanol–water partition coefficient (Wildman–Crippen LogP) is 4.74. The van der Waals surface area contributed by atoms with Crippen molar-refractivity contribution in [2.45, 2.75) is 32.5 Å². The van der Waals surface area contributed by atoms with Crippen LogP contribution in [0.25, 0.3) is 6.08 Å². The number of rotatable bonds is 12. The van der Waals surface area contributed by atoms with E-state index in [1.807, 2.05) is 36.4 Å². The number of carboxylic acid groups (broad SMARTS) is 1. The highest BCUT2D eigenvalue weighted by Gasteiger charge is 2.24. The number of nitrogens with one attached hydrogen (secondary N) is 1. The van der Waals surface area contributed by atoms with Crippen LogP contribution in [0.5, 0.6) is 0 Å². The molecule has 7 nitrogen and oxygen atoms in total. The molecule has 8 heteroatoms. The monoisotopic (exact) mass is 445 g/mol. The molecule has 31 heavy (non-hydrogen) atoms. The molecular formula is C23H28NO6P. The third-order valence-corrected chi connectivity index (χ3v) is 6.38. The highest BCUT2D eigenvalue weighted by molar-refractivity contribution is 7.53. The van der Waals surface area contributed by atoms with Gasteiger partial charge in [0.1, 0.15) is 6.04 Å². The molecule has 2 rings (SSSR count). The minimum absolute atomic E-state index is 0.0958. The number of hydrogen-bond acceptors (Lipinski definition) is 5. The van der Waals surface area contributed by atoms with Gasteiger partial charge in [-0.05, 0) is 43.5 Å². The smallest absolute Gasteiger partial charge is 0.335 e. The van der Waals surface area contributed by atoms with Gasteiger partial charge in [-0.15, -0.1) is 0 Å². The molecule has 0 aromatic heterocycles. The Morgan fingerprint density at radius 1 is 1.03 bits per heavy atom. The third-order valence-electron chi connectivity index (χ3n) is 4.33. The van der Waals surface area contributed by atoms with E-state index >= 15 is 0 Å². The first kappa shape index (κ1) is 24.5. The number of benzene rings is 2. The van der Waals surface area contributed by atoms with Crippen molar-refractivity contribution in [2.24, 2.45) is 0 Å². The number of amides is 1. The lowest BCUT2D eigenvalue weighted by Crippen LogP contribution is -2.40. The minimum Gasteiger partial charge on any atom is -0.480 e. The van der Waals surface area contributed by atoms with Crippen molar-refractivity contribution in [3.05, 3.63) is 77.4 Å². The minimum atomic E-state index is -3.24. The van der Waals surface area contributed by atoms with Crippen LogP contribution in [0.2, 0.25) is 0 Å². The summed E-state index contributed by atoms with van der Waals surface area (Å²) in [6.45, 7) is 4.03. The Morgan fingerprint density at radius 2 is 1.65 bits per heavy atom. The predicted molar refractivity (Wildman–Crippen MR) is 120 cm³/mol. The Morgan fingerprint density at radius 3 is 2.19 bits per heavy atom. The molecule has 0 spiro atoms. The summed E-state index contributed by atoms with van der Waals surface area (Å²) < 4.78 is 23.2. The Kier molecular flexibility index (Phi) is 9.66. The van der Waals surface area contributed by atoms with Gasteiger partial charge in [0.25, 0.3) is 5.91 Å². The molecule has 0 bridgehead atoms. The molecule has 2 aromatic rings. The van der Waals surface area contributed by atoms with E-state index in [2.05, 4.69) is 5.32 Å². The lowest BCUT2D eigenvalue weighted by molar-refractivity contribution is -0.139. The number of carbonyl (C=O) groups is 2. The lowest BCUT2D eigenvalue weighted by atomic mass is 10.1. The number of carboxylic acids is 1. The first-order valence-electron chi connectivity index (χ1n) is 10.1. The second-order valence-electron chi connectivity index (χ2n) is 6.71. The fourth-order valence-electron chi connectivity index (χ4n) is 2.87. The first-order valence-corrected chi connectivity index (χ1v) is 11.8. The Bertz CT molecular complexity index is 917. The molecule has 0 aliphatic rings. The topological polar surface area (TPSA) is 102 Å². The third kappa shape index (κ3) is 8.13. The maximum absolute atomic E-state index is 12.6. The zero-order valence-corrected chi connectivity index (χ0v) is 18.6. The summed E-state index contributed by atoms with van der Waals surface area (Å²) in [6.07, 6.45) is 3.78. The van der Waals surface area contributed by atoms with Crippen molar-refractivity contribution in [1.82, 2.24) is 5.32 Å². The molecule has 2 aromatic carbocycles. The zero-order chi connectivity index (χ0) is 22.7. The molecule has 0 aliphatic heterocycles. The molecule has 1 amide bonds. The van der Waals surface area contributed by atoms with Gasteiger partial charge in [0.15, 0.2) is 0 Å². The van der Waals surface area contributed by atoms with Crippen LogP contribution >= 0.6 is 7.60 Å². The SMILES string of the molecule is CCOP(=O)(Cc1ccc(C(=O)N[C@@H](C/C=C/c2ccccc2)C(=O)O)cc1)OCC. The van der Waals surface area contributed by atoms with Crippen molar-refractivity contribution in [3.63, 3.8) is 0 Å². The molecule has 0 saturated heterocycles. The van der Waals surface area contributed by atoms with Crippen molar-refractivity contribution < 1.29 is 28.3 Å². The first-order chi connectivity index (χ1) is 14.9. The maximum atomic E-state index is 12.6. The summed E-state index contributed by atoms with van der Waals surface area (Å²) in [5, 5.41) is 12.0. The van der Waals surface area contributed by atoms with Crippen LogP contribution in [0.1, 0.15) is 41.8 Å². The number of carbonyl (C=O) groups excluding carboxylic acids is 1. The van der Waals surface area contributed by atoms with Gasteiger partial charge in [0.05, 0.1) is 19.4 Å². The summed E-state index contributed by atoms with van der Waals surface area (Å²) in [6, 6.07) is 14.9. The molecule has 0 radical (unpaired) electrons. The molecule has 0 heterocycles. The van der Waals surface area contributed by atoms with E-state index in [9.17, 15) is 19.3 Å². The molecule has 166 valence electrons. The summed E-state index contributed by atoms with van der Waals surface area (Å²) in [5.41, 5.74) is 1.96. The highest BCUT2D eigenvalue weighted by Crippen LogP contribution is 2.51. The van der Waals surface area contributed by atoms with Crippen molar-refractivity contribution in [2.75, 3.05) is 13.2 Å². The Hall–Kier alpha value is -2.73. The quantitative estimate of drug-likeness (QED) is 0.458. The average Bonchev–Trinajstić information content (AvgIpc) is 2.74. The van der Waals surface area contributed by atoms with Gasteiger partial charge in [0, 0.05) is 5.56 Å². The van der Waals surface area contributed by atoms with Crippen molar-refractivity contribution in [3.8, 4) is 0 Å². The van der Waals surface area contributed by atoms with Gasteiger partial charge in [-0.2, -0.15) is 0 Å². The van der Waals surface area contributed by atoms with Gasteiger partial charge in [-0.3, -0.25) is 9.36 Å². The van der Waals surface area contributed by atoms with Crippen LogP contribution in [-0.2, 0) is 24.6 Å². The maximum Gasteiger partial charge on any atom is 0.335 e. The molecule has 0 unspecified atom stereocenters. The van der Waals surface area contributed by atoms with Crippen molar-refractivity contribution >= 4 is 25.5 Å². The van der Waals surface area contributed by atoms with Crippen molar-refractivity contribution in [1.29, 1.82) is 0 Å². The van der Waals surface area contributed by atoms with Crippen LogP contribution in [-0.4, -0.2) is 36.2 Å². The highest BCUT2D eigenvalue weighted by atomic mass is 31.2. The second kappa shape index (κ2) is 12.2. The molecule has 0 aliphatic carbocycles. The molecule has 0 saturated carbocycles. The van der Waals surface area contributed by atoms with Crippen LogP contribution in [0.4, 0.5) is 0 Å². The summed E-state index contributed by atoms with van der Waals surface area (Å²) in [4.78, 5) is 24.0. The van der Waals surface area contributed by atoms with E-state index in [4.69, 9.17) is 9.05 Å². The van der Waals surface area contributed by atoms with E-state index < -0.39 is 25.5 Å². The Balaban J connectivity index is 2.00. The van der Waals surface area contributed by atoms with Gasteiger partial charge < -0.3 is 19.5 Å². The lowest BCUT2D eigenvalue weighted by Gasteiger charge is -2.17. The van der Waals surface area contributed by atoms with Crippen LogP contribution in [0.3, 0.4) is 0 Å². The van der Waals surface area contributed by atoms with E-state index in [-0.39, 0.29) is 25.8 Å². The van der Waals surface area contributed by atoms with E-state index in [0.29, 0.717) is 11.1 Å². The largest absolute Gasteiger partial charge is 0.480 e. The summed E-state index contributed by atoms with van der Waals surface area (Å²) in [7, 11) is -3.24. The number of aliphatic carboxylic acids is 1. The summed E-state index contributed by atoms with van der Waals surface area (Å²) in [5.74, 6) is -1.61. The van der Waals surface area contributed by atoms with E-state index in [1.54, 1.807) is 44.2 Å². The normalized spacial score (nSPS) is 12.6. The van der Waals surface area contributed by atoms with Crippen LogP contribution in [0.15, 0.2) is 60.7 Å². The molecular weight excluding hydrogens is 417 g/mol. The summed E-state index contributed by atoms with van der Waals surface area (Å²) >= 11 is 0. The van der Waals surface area contributed by atoms with Gasteiger partial charge in [-0.1, -0.05) is 54.6 Å². The zero-order valence-electron chi connectivity index (χ0n) is 17.7. The molecule has 2 N–H and O–H groups in total. The van der Waals surface area contributed by atoms with Crippen LogP contribution in [0, 0.1) is 0 Å².